The number of rotatable bonds is 7. The Morgan fingerprint density at radius 3 is 2.35 bits per heavy atom. The van der Waals surface area contributed by atoms with Crippen LogP contribution in [0.4, 0.5) is 0 Å². The Kier molecular flexibility index (Phi) is 6.18. The molecule has 0 aliphatic carbocycles. The van der Waals surface area contributed by atoms with Gasteiger partial charge in [0.15, 0.2) is 0 Å². The second-order valence-corrected chi connectivity index (χ2v) is 4.81. The lowest BCUT2D eigenvalue weighted by atomic mass is 10.0. The van der Waals surface area contributed by atoms with Crippen molar-refractivity contribution in [1.29, 1.82) is 0 Å². The topological polar surface area (TPSA) is 66.8 Å². The van der Waals surface area contributed by atoms with Gasteiger partial charge >= 0.3 is 5.97 Å². The maximum atomic E-state index is 12.1. The van der Waals surface area contributed by atoms with Crippen LogP contribution in [-0.2, 0) is 14.3 Å². The fourth-order valence-electron chi connectivity index (χ4n) is 1.97. The van der Waals surface area contributed by atoms with E-state index in [1.807, 2.05) is 37.3 Å². The highest BCUT2D eigenvalue weighted by Crippen LogP contribution is 2.21. The van der Waals surface area contributed by atoms with Gasteiger partial charge in [-0.3, -0.25) is 9.59 Å². The molecule has 1 N–H and O–H groups in total. The summed E-state index contributed by atoms with van der Waals surface area (Å²) in [5.41, 5.74) is 0.967. The summed E-state index contributed by atoms with van der Waals surface area (Å²) < 4.78 is 4.87. The van der Waals surface area contributed by atoms with E-state index < -0.39 is 11.9 Å². The molecule has 1 aromatic carbocycles. The molecule has 1 aromatic rings. The minimum absolute atomic E-state index is 0.0521. The SMILES string of the molecule is COCC(=O)N(CC(C)C(=O)O)C(C)c1ccccc1. The summed E-state index contributed by atoms with van der Waals surface area (Å²) in [6, 6.07) is 9.33. The van der Waals surface area contributed by atoms with Gasteiger partial charge in [0.05, 0.1) is 12.0 Å². The zero-order valence-electron chi connectivity index (χ0n) is 12.1. The number of hydrogen-bond donors (Lipinski definition) is 1. The van der Waals surface area contributed by atoms with Crippen molar-refractivity contribution in [1.82, 2.24) is 4.90 Å². The van der Waals surface area contributed by atoms with Gasteiger partial charge in [0, 0.05) is 13.7 Å². The molecular formula is C15H21NO4. The lowest BCUT2D eigenvalue weighted by Crippen LogP contribution is -2.40. The average Bonchev–Trinajstić information content (AvgIpc) is 2.44. The van der Waals surface area contributed by atoms with E-state index >= 15 is 0 Å². The number of carbonyl (C=O) groups is 2. The van der Waals surface area contributed by atoms with Gasteiger partial charge in [0.2, 0.25) is 5.91 Å². The Morgan fingerprint density at radius 2 is 1.85 bits per heavy atom. The van der Waals surface area contributed by atoms with Gasteiger partial charge < -0.3 is 14.7 Å². The molecule has 0 fully saturated rings. The molecule has 0 spiro atoms. The van der Waals surface area contributed by atoms with Gasteiger partial charge in [0.1, 0.15) is 6.61 Å². The average molecular weight is 279 g/mol. The molecule has 0 radical (unpaired) electrons. The van der Waals surface area contributed by atoms with Crippen molar-refractivity contribution in [3.05, 3.63) is 35.9 Å². The number of benzene rings is 1. The van der Waals surface area contributed by atoms with Crippen LogP contribution in [0.15, 0.2) is 30.3 Å². The van der Waals surface area contributed by atoms with Gasteiger partial charge in [-0.15, -0.1) is 0 Å². The van der Waals surface area contributed by atoms with E-state index in [1.54, 1.807) is 11.8 Å². The van der Waals surface area contributed by atoms with Crippen LogP contribution in [0.2, 0.25) is 0 Å². The van der Waals surface area contributed by atoms with Crippen LogP contribution in [0.1, 0.15) is 25.5 Å². The van der Waals surface area contributed by atoms with Crippen molar-refractivity contribution >= 4 is 11.9 Å². The molecular weight excluding hydrogens is 258 g/mol. The largest absolute Gasteiger partial charge is 0.481 e. The molecule has 0 bridgehead atoms. The lowest BCUT2D eigenvalue weighted by molar-refractivity contribution is -0.145. The molecule has 0 aliphatic heterocycles. The van der Waals surface area contributed by atoms with E-state index in [1.165, 1.54) is 7.11 Å². The maximum Gasteiger partial charge on any atom is 0.308 e. The third-order valence-electron chi connectivity index (χ3n) is 3.23. The fraction of sp³-hybridized carbons (Fsp3) is 0.467. The minimum Gasteiger partial charge on any atom is -0.481 e. The number of carbonyl (C=O) groups excluding carboxylic acids is 1. The van der Waals surface area contributed by atoms with Gasteiger partial charge in [-0.2, -0.15) is 0 Å². The summed E-state index contributed by atoms with van der Waals surface area (Å²) in [6.07, 6.45) is 0. The maximum absolute atomic E-state index is 12.1. The highest BCUT2D eigenvalue weighted by molar-refractivity contribution is 5.79. The summed E-state index contributed by atoms with van der Waals surface area (Å²) in [6.45, 7) is 3.59. The molecule has 1 amide bonds. The number of carboxylic acids is 1. The van der Waals surface area contributed by atoms with Gasteiger partial charge in [-0.1, -0.05) is 37.3 Å². The van der Waals surface area contributed by atoms with E-state index in [0.717, 1.165) is 5.56 Å². The van der Waals surface area contributed by atoms with Gasteiger partial charge in [0.25, 0.3) is 0 Å². The predicted molar refractivity (Wildman–Crippen MR) is 75.2 cm³/mol. The number of amides is 1. The van der Waals surface area contributed by atoms with Crippen molar-refractivity contribution in [3.8, 4) is 0 Å². The molecule has 2 atom stereocenters. The molecule has 1 rings (SSSR count). The summed E-state index contributed by atoms with van der Waals surface area (Å²) in [5, 5.41) is 9.03. The molecule has 0 saturated carbocycles. The summed E-state index contributed by atoms with van der Waals surface area (Å²) in [5.74, 6) is -1.75. The molecule has 5 nitrogen and oxygen atoms in total. The second-order valence-electron chi connectivity index (χ2n) is 4.81. The number of aliphatic carboxylic acids is 1. The fourth-order valence-corrected chi connectivity index (χ4v) is 1.97. The quantitative estimate of drug-likeness (QED) is 0.828. The number of methoxy groups -OCH3 is 1. The Bertz CT molecular complexity index is 446. The van der Waals surface area contributed by atoms with Crippen LogP contribution in [0, 0.1) is 5.92 Å². The highest BCUT2D eigenvalue weighted by Gasteiger charge is 2.25. The standard InChI is InChI=1S/C15H21NO4/c1-11(15(18)19)9-16(14(17)10-20-3)12(2)13-7-5-4-6-8-13/h4-8,11-12H,9-10H2,1-3H3,(H,18,19). The van der Waals surface area contributed by atoms with Crippen LogP contribution in [0.5, 0.6) is 0 Å². The van der Waals surface area contributed by atoms with Gasteiger partial charge in [-0.25, -0.2) is 0 Å². The van der Waals surface area contributed by atoms with Crippen molar-refractivity contribution < 1.29 is 19.4 Å². The van der Waals surface area contributed by atoms with Crippen molar-refractivity contribution in [3.63, 3.8) is 0 Å². The van der Waals surface area contributed by atoms with E-state index in [2.05, 4.69) is 0 Å². The molecule has 0 aromatic heterocycles. The molecule has 0 heterocycles. The minimum atomic E-state index is -0.916. The Morgan fingerprint density at radius 1 is 1.25 bits per heavy atom. The summed E-state index contributed by atoms with van der Waals surface area (Å²) in [4.78, 5) is 24.7. The second kappa shape index (κ2) is 7.65. The van der Waals surface area contributed by atoms with Crippen molar-refractivity contribution in [2.45, 2.75) is 19.9 Å². The molecule has 5 heteroatoms. The Balaban J connectivity index is 2.92. The molecule has 0 saturated heterocycles. The summed E-state index contributed by atoms with van der Waals surface area (Å²) in [7, 11) is 1.45. The summed E-state index contributed by atoms with van der Waals surface area (Å²) >= 11 is 0. The smallest absolute Gasteiger partial charge is 0.308 e. The number of nitrogens with zero attached hydrogens (tertiary/aromatic N) is 1. The third-order valence-corrected chi connectivity index (χ3v) is 3.23. The molecule has 20 heavy (non-hydrogen) atoms. The third kappa shape index (κ3) is 4.35. The normalized spacial score (nSPS) is 13.6. The first-order valence-electron chi connectivity index (χ1n) is 6.53. The van der Waals surface area contributed by atoms with Gasteiger partial charge in [-0.05, 0) is 12.5 Å². The molecule has 0 aliphatic rings. The van der Waals surface area contributed by atoms with E-state index in [-0.39, 0.29) is 25.1 Å². The first-order chi connectivity index (χ1) is 9.47. The van der Waals surface area contributed by atoms with Crippen molar-refractivity contribution in [2.75, 3.05) is 20.3 Å². The predicted octanol–water partition coefficient (Wildman–Crippen LogP) is 1.94. The monoisotopic (exact) mass is 279 g/mol. The van der Waals surface area contributed by atoms with Crippen molar-refractivity contribution in [2.24, 2.45) is 5.92 Å². The van der Waals surface area contributed by atoms with E-state index in [0.29, 0.717) is 0 Å². The Labute approximate surface area is 119 Å². The number of ether oxygens (including phenoxy) is 1. The Hall–Kier alpha value is -1.88. The number of carboxylic acid groups (broad SMARTS) is 1. The molecule has 2 unspecified atom stereocenters. The van der Waals surface area contributed by atoms with Crippen LogP contribution in [0.25, 0.3) is 0 Å². The van der Waals surface area contributed by atoms with Crippen LogP contribution < -0.4 is 0 Å². The zero-order valence-corrected chi connectivity index (χ0v) is 12.1. The first kappa shape index (κ1) is 16.2. The van der Waals surface area contributed by atoms with E-state index in [4.69, 9.17) is 9.84 Å². The zero-order chi connectivity index (χ0) is 15.1. The molecule has 110 valence electrons. The van der Waals surface area contributed by atoms with Crippen LogP contribution >= 0.6 is 0 Å². The van der Waals surface area contributed by atoms with Crippen LogP contribution in [-0.4, -0.2) is 42.1 Å². The van der Waals surface area contributed by atoms with E-state index in [9.17, 15) is 9.59 Å². The highest BCUT2D eigenvalue weighted by atomic mass is 16.5. The first-order valence-corrected chi connectivity index (χ1v) is 6.53. The lowest BCUT2D eigenvalue weighted by Gasteiger charge is -2.31. The van der Waals surface area contributed by atoms with Crippen LogP contribution in [0.3, 0.4) is 0 Å². The number of hydrogen-bond acceptors (Lipinski definition) is 3.